The van der Waals surface area contributed by atoms with Crippen LogP contribution >= 0.6 is 0 Å². The molecule has 0 aliphatic rings. The van der Waals surface area contributed by atoms with Gasteiger partial charge >= 0.3 is 12.1 Å². The molecule has 0 amide bonds. The van der Waals surface area contributed by atoms with E-state index in [1.165, 1.54) is 18.2 Å². The minimum atomic E-state index is -4.37. The summed E-state index contributed by atoms with van der Waals surface area (Å²) < 4.78 is 42.1. The van der Waals surface area contributed by atoms with Crippen LogP contribution in [0.1, 0.15) is 21.7 Å². The summed E-state index contributed by atoms with van der Waals surface area (Å²) in [6.45, 7) is 0.179. The SMILES string of the molecule is O=C(O)c1coc(CNc2ccc(C(F)(F)F)cc2)c1. The van der Waals surface area contributed by atoms with Gasteiger partial charge in [0.15, 0.2) is 0 Å². The van der Waals surface area contributed by atoms with E-state index in [9.17, 15) is 18.0 Å². The molecule has 0 fully saturated rings. The fourth-order valence-corrected chi connectivity index (χ4v) is 1.55. The van der Waals surface area contributed by atoms with Crippen molar-refractivity contribution in [3.05, 3.63) is 53.5 Å². The smallest absolute Gasteiger partial charge is 0.416 e. The van der Waals surface area contributed by atoms with E-state index in [-0.39, 0.29) is 12.1 Å². The van der Waals surface area contributed by atoms with Gasteiger partial charge in [-0.1, -0.05) is 0 Å². The number of furan rings is 1. The number of carbonyl (C=O) groups is 1. The first kappa shape index (κ1) is 14.0. The summed E-state index contributed by atoms with van der Waals surface area (Å²) in [5.74, 6) is -0.725. The molecule has 20 heavy (non-hydrogen) atoms. The monoisotopic (exact) mass is 285 g/mol. The van der Waals surface area contributed by atoms with Crippen molar-refractivity contribution in [2.45, 2.75) is 12.7 Å². The van der Waals surface area contributed by atoms with Gasteiger partial charge in [0.1, 0.15) is 12.0 Å². The van der Waals surface area contributed by atoms with Crippen LogP contribution in [0.3, 0.4) is 0 Å². The van der Waals surface area contributed by atoms with Gasteiger partial charge < -0.3 is 14.8 Å². The number of halogens is 3. The van der Waals surface area contributed by atoms with E-state index in [1.54, 1.807) is 0 Å². The highest BCUT2D eigenvalue weighted by atomic mass is 19.4. The summed E-state index contributed by atoms with van der Waals surface area (Å²) in [6.07, 6.45) is -3.26. The van der Waals surface area contributed by atoms with Crippen molar-refractivity contribution in [3.63, 3.8) is 0 Å². The van der Waals surface area contributed by atoms with E-state index < -0.39 is 17.7 Å². The fraction of sp³-hybridized carbons (Fsp3) is 0.154. The van der Waals surface area contributed by atoms with Gasteiger partial charge in [0.05, 0.1) is 17.7 Å². The second-order valence-corrected chi connectivity index (χ2v) is 4.04. The topological polar surface area (TPSA) is 62.5 Å². The Balaban J connectivity index is 1.98. The minimum Gasteiger partial charge on any atom is -0.478 e. The van der Waals surface area contributed by atoms with E-state index in [2.05, 4.69) is 5.32 Å². The number of benzene rings is 1. The normalized spacial score (nSPS) is 11.3. The largest absolute Gasteiger partial charge is 0.478 e. The van der Waals surface area contributed by atoms with Gasteiger partial charge in [0, 0.05) is 5.69 Å². The van der Waals surface area contributed by atoms with Crippen molar-refractivity contribution < 1.29 is 27.5 Å². The highest BCUT2D eigenvalue weighted by Crippen LogP contribution is 2.29. The number of anilines is 1. The third-order valence-corrected chi connectivity index (χ3v) is 2.58. The first-order chi connectivity index (χ1) is 9.36. The summed E-state index contributed by atoms with van der Waals surface area (Å²) in [5.41, 5.74) is -0.227. The van der Waals surface area contributed by atoms with Crippen molar-refractivity contribution in [1.29, 1.82) is 0 Å². The molecule has 1 aromatic carbocycles. The molecule has 0 bridgehead atoms. The third-order valence-electron chi connectivity index (χ3n) is 2.58. The zero-order chi connectivity index (χ0) is 14.8. The van der Waals surface area contributed by atoms with Gasteiger partial charge in [-0.05, 0) is 30.3 Å². The van der Waals surface area contributed by atoms with E-state index in [0.29, 0.717) is 11.4 Å². The molecule has 0 aliphatic heterocycles. The lowest BCUT2D eigenvalue weighted by atomic mass is 10.2. The summed E-state index contributed by atoms with van der Waals surface area (Å²) in [4.78, 5) is 10.6. The van der Waals surface area contributed by atoms with Crippen LogP contribution in [0.2, 0.25) is 0 Å². The van der Waals surface area contributed by atoms with Gasteiger partial charge in [-0.25, -0.2) is 4.79 Å². The Kier molecular flexibility index (Phi) is 3.69. The Morgan fingerprint density at radius 1 is 1.25 bits per heavy atom. The Morgan fingerprint density at radius 2 is 1.90 bits per heavy atom. The van der Waals surface area contributed by atoms with Crippen molar-refractivity contribution in [2.75, 3.05) is 5.32 Å². The number of hydrogen-bond donors (Lipinski definition) is 2. The average Bonchev–Trinajstić information content (AvgIpc) is 2.85. The van der Waals surface area contributed by atoms with E-state index >= 15 is 0 Å². The summed E-state index contributed by atoms with van der Waals surface area (Å²) >= 11 is 0. The van der Waals surface area contributed by atoms with Gasteiger partial charge in [-0.2, -0.15) is 13.2 Å². The number of carboxylic acid groups (broad SMARTS) is 1. The maximum Gasteiger partial charge on any atom is 0.416 e. The highest BCUT2D eigenvalue weighted by Gasteiger charge is 2.29. The standard InChI is InChI=1S/C13H10F3NO3/c14-13(15,16)9-1-3-10(4-2-9)17-6-11-5-8(7-20-11)12(18)19/h1-5,7,17H,6H2,(H,18,19). The summed E-state index contributed by atoms with van der Waals surface area (Å²) in [5, 5.41) is 11.5. The van der Waals surface area contributed by atoms with Gasteiger partial charge in [0.25, 0.3) is 0 Å². The van der Waals surface area contributed by atoms with Crippen LogP contribution in [0.25, 0.3) is 0 Å². The molecule has 7 heteroatoms. The first-order valence-corrected chi connectivity index (χ1v) is 5.58. The van der Waals surface area contributed by atoms with Crippen molar-refractivity contribution in [2.24, 2.45) is 0 Å². The van der Waals surface area contributed by atoms with Crippen molar-refractivity contribution in [1.82, 2.24) is 0 Å². The summed E-state index contributed by atoms with van der Waals surface area (Å²) in [7, 11) is 0. The van der Waals surface area contributed by atoms with Crippen molar-refractivity contribution in [3.8, 4) is 0 Å². The number of carboxylic acids is 1. The van der Waals surface area contributed by atoms with Crippen LogP contribution in [-0.4, -0.2) is 11.1 Å². The summed E-state index contributed by atoms with van der Waals surface area (Å²) in [6, 6.07) is 5.87. The van der Waals surface area contributed by atoms with E-state index in [0.717, 1.165) is 18.4 Å². The number of nitrogens with one attached hydrogen (secondary N) is 1. The molecule has 106 valence electrons. The molecule has 0 radical (unpaired) electrons. The molecule has 1 aromatic heterocycles. The molecule has 2 aromatic rings. The molecule has 0 atom stereocenters. The predicted molar refractivity (Wildman–Crippen MR) is 64.4 cm³/mol. The van der Waals surface area contributed by atoms with Crippen molar-refractivity contribution >= 4 is 11.7 Å². The fourth-order valence-electron chi connectivity index (χ4n) is 1.55. The van der Waals surface area contributed by atoms with Crippen LogP contribution < -0.4 is 5.32 Å². The highest BCUT2D eigenvalue weighted by molar-refractivity contribution is 5.87. The van der Waals surface area contributed by atoms with Crippen LogP contribution in [-0.2, 0) is 12.7 Å². The average molecular weight is 285 g/mol. The van der Waals surface area contributed by atoms with E-state index in [4.69, 9.17) is 9.52 Å². The maximum atomic E-state index is 12.4. The Bertz CT molecular complexity index is 602. The predicted octanol–water partition coefficient (Wildman–Crippen LogP) is 3.61. The molecular weight excluding hydrogens is 275 g/mol. The number of alkyl halides is 3. The second-order valence-electron chi connectivity index (χ2n) is 4.04. The lowest BCUT2D eigenvalue weighted by molar-refractivity contribution is -0.137. The number of rotatable bonds is 4. The third kappa shape index (κ3) is 3.31. The number of hydrogen-bond acceptors (Lipinski definition) is 3. The van der Waals surface area contributed by atoms with E-state index in [1.807, 2.05) is 0 Å². The molecule has 2 N–H and O–H groups in total. The van der Waals surface area contributed by atoms with Crippen LogP contribution in [0.4, 0.5) is 18.9 Å². The molecule has 0 saturated carbocycles. The first-order valence-electron chi connectivity index (χ1n) is 5.58. The second kappa shape index (κ2) is 5.28. The molecule has 4 nitrogen and oxygen atoms in total. The molecule has 0 spiro atoms. The zero-order valence-electron chi connectivity index (χ0n) is 10.1. The molecule has 0 unspecified atom stereocenters. The zero-order valence-corrected chi connectivity index (χ0v) is 10.1. The van der Waals surface area contributed by atoms with Crippen LogP contribution in [0.15, 0.2) is 41.0 Å². The maximum absolute atomic E-state index is 12.4. The quantitative estimate of drug-likeness (QED) is 0.900. The molecule has 1 heterocycles. The molecule has 2 rings (SSSR count). The van der Waals surface area contributed by atoms with Crippen LogP contribution in [0, 0.1) is 0 Å². The Hall–Kier alpha value is -2.44. The van der Waals surface area contributed by atoms with Gasteiger partial charge in [0.2, 0.25) is 0 Å². The molecule has 0 aliphatic carbocycles. The molecular formula is C13H10F3NO3. The lowest BCUT2D eigenvalue weighted by Gasteiger charge is -2.08. The molecule has 0 saturated heterocycles. The van der Waals surface area contributed by atoms with Crippen LogP contribution in [0.5, 0.6) is 0 Å². The Morgan fingerprint density at radius 3 is 2.40 bits per heavy atom. The lowest BCUT2D eigenvalue weighted by Crippen LogP contribution is -2.05. The minimum absolute atomic E-state index is 0.0224. The number of aromatic carboxylic acids is 1. The Labute approximate surface area is 111 Å². The van der Waals surface area contributed by atoms with Gasteiger partial charge in [-0.15, -0.1) is 0 Å². The van der Waals surface area contributed by atoms with Gasteiger partial charge in [-0.3, -0.25) is 0 Å².